The Hall–Kier alpha value is -2.55. The van der Waals surface area contributed by atoms with Gasteiger partial charge in [0.2, 0.25) is 5.91 Å². The van der Waals surface area contributed by atoms with Gasteiger partial charge in [0.25, 0.3) is 0 Å². The van der Waals surface area contributed by atoms with Crippen LogP contribution in [0.3, 0.4) is 0 Å². The first-order valence-corrected chi connectivity index (χ1v) is 31.1. The molecule has 2 aromatic rings. The summed E-state index contributed by atoms with van der Waals surface area (Å²) in [7, 11) is 0. The lowest BCUT2D eigenvalue weighted by Crippen LogP contribution is -2.64. The predicted octanol–water partition coefficient (Wildman–Crippen LogP) is 16.2. The standard InChI is InChI=1S/C64H107F2NO9/c1-6-11-16-17-18-19-20-21-22-26-29-35-40-56(69-44-12-7-2)59(70-45-13-8-3)55(67-58(68)41-36-30-27-24-23-25-28-32-37-51-42-43-53(65)48-54(51)66)49-73-64-62(72-47-15-10-5)61(71-46-14-9-4)60-57(75-64)50-74-63(76-60)52-38-33-31-34-39-52/h31,33-34,38-39,42-43,48,55-57,59-64H,6-30,32,35-37,40-41,44-47,49-50H2,1-5H3,(H,67,68)/t55-,56+,57?,59-,60-,61-,62?,63?,64-/m0/s1. The summed E-state index contributed by atoms with van der Waals surface area (Å²) in [6, 6.07) is 13.3. The van der Waals surface area contributed by atoms with Crippen molar-refractivity contribution in [2.75, 3.05) is 39.6 Å². The number of hydrogen-bond acceptors (Lipinski definition) is 9. The van der Waals surface area contributed by atoms with Crippen LogP contribution in [0.4, 0.5) is 8.78 Å². The maximum atomic E-state index is 14.2. The van der Waals surface area contributed by atoms with Gasteiger partial charge in [-0.25, -0.2) is 8.78 Å². The van der Waals surface area contributed by atoms with E-state index in [4.69, 9.17) is 37.9 Å². The second kappa shape index (κ2) is 42.4. The van der Waals surface area contributed by atoms with Crippen LogP contribution in [-0.4, -0.2) is 94.5 Å². The van der Waals surface area contributed by atoms with Gasteiger partial charge >= 0.3 is 0 Å². The third-order valence-electron chi connectivity index (χ3n) is 15.1. The Bertz CT molecular complexity index is 1710. The molecule has 12 heteroatoms. The van der Waals surface area contributed by atoms with E-state index >= 15 is 0 Å². The van der Waals surface area contributed by atoms with Crippen molar-refractivity contribution in [2.24, 2.45) is 0 Å². The molecule has 1 N–H and O–H groups in total. The molecule has 9 atom stereocenters. The SMILES string of the molecule is CCCCCCCCCCCCCC[C@@H](OCCCC)[C@@H](OCCCC)[C@H](CO[C@H]1OC2COC(c3ccccc3)O[C@@H]2[C@H](OCCCC)C1OCCCC)NC(=O)CCCCCCCCCCc1ccc(F)cc1F. The molecule has 76 heavy (non-hydrogen) atoms. The molecule has 2 heterocycles. The predicted molar refractivity (Wildman–Crippen MR) is 302 cm³/mol. The average Bonchev–Trinajstić information content (AvgIpc) is 3.43. The zero-order chi connectivity index (χ0) is 54.3. The number of fused-ring (bicyclic) bond motifs is 1. The molecule has 2 saturated heterocycles. The molecule has 0 spiro atoms. The highest BCUT2D eigenvalue weighted by atomic mass is 19.1. The number of ether oxygens (including phenoxy) is 8. The first-order valence-electron chi connectivity index (χ1n) is 31.1. The molecule has 2 aliphatic rings. The molecular weight excluding hydrogens is 965 g/mol. The number of aryl methyl sites for hydroxylation is 1. The number of halogens is 2. The van der Waals surface area contributed by atoms with Gasteiger partial charge in [0.1, 0.15) is 42.2 Å². The van der Waals surface area contributed by atoms with E-state index in [-0.39, 0.29) is 18.6 Å². The number of hydrogen-bond donors (Lipinski definition) is 1. The van der Waals surface area contributed by atoms with Crippen LogP contribution in [-0.2, 0) is 49.1 Å². The highest BCUT2D eigenvalue weighted by Crippen LogP contribution is 2.37. The molecule has 0 aliphatic carbocycles. The van der Waals surface area contributed by atoms with Crippen LogP contribution >= 0.6 is 0 Å². The van der Waals surface area contributed by atoms with Crippen LogP contribution in [0.5, 0.6) is 0 Å². The van der Waals surface area contributed by atoms with Crippen LogP contribution in [0.25, 0.3) is 0 Å². The lowest BCUT2D eigenvalue weighted by atomic mass is 9.96. The molecule has 0 radical (unpaired) electrons. The zero-order valence-corrected chi connectivity index (χ0v) is 48.4. The van der Waals surface area contributed by atoms with Gasteiger partial charge in [0.15, 0.2) is 12.6 Å². The van der Waals surface area contributed by atoms with E-state index in [0.29, 0.717) is 51.4 Å². The van der Waals surface area contributed by atoms with Crippen molar-refractivity contribution in [3.05, 3.63) is 71.3 Å². The first kappa shape index (κ1) is 66.0. The minimum Gasteiger partial charge on any atom is -0.375 e. The van der Waals surface area contributed by atoms with E-state index < -0.39 is 60.8 Å². The van der Waals surface area contributed by atoms with Gasteiger partial charge < -0.3 is 43.2 Å². The van der Waals surface area contributed by atoms with E-state index in [0.717, 1.165) is 134 Å². The van der Waals surface area contributed by atoms with Crippen LogP contribution in [0, 0.1) is 11.6 Å². The fraction of sp³-hybridized carbons (Fsp3) is 0.797. The summed E-state index contributed by atoms with van der Waals surface area (Å²) in [5.74, 6) is -1.02. The van der Waals surface area contributed by atoms with Gasteiger partial charge in [-0.15, -0.1) is 0 Å². The molecule has 436 valence electrons. The largest absolute Gasteiger partial charge is 0.375 e. The van der Waals surface area contributed by atoms with Crippen molar-refractivity contribution in [3.8, 4) is 0 Å². The lowest BCUT2D eigenvalue weighted by Gasteiger charge is -2.49. The first-order chi connectivity index (χ1) is 37.3. The minimum absolute atomic E-state index is 0.0226. The van der Waals surface area contributed by atoms with E-state index in [1.807, 2.05) is 30.3 Å². The normalized spacial score (nSPS) is 20.8. The molecular formula is C64H107F2NO9. The van der Waals surface area contributed by atoms with Crippen molar-refractivity contribution in [3.63, 3.8) is 0 Å². The van der Waals surface area contributed by atoms with E-state index in [1.165, 1.54) is 70.3 Å². The zero-order valence-electron chi connectivity index (χ0n) is 48.4. The quantitative estimate of drug-likeness (QED) is 0.0649. The van der Waals surface area contributed by atoms with Gasteiger partial charge in [0.05, 0.1) is 25.4 Å². The molecule has 0 aromatic heterocycles. The number of rotatable bonds is 47. The average molecular weight is 1070 g/mol. The van der Waals surface area contributed by atoms with Crippen molar-refractivity contribution in [2.45, 2.75) is 289 Å². The molecule has 2 aromatic carbocycles. The Kier molecular flexibility index (Phi) is 36.8. The molecule has 2 aliphatic heterocycles. The Morgan fingerprint density at radius 2 is 1.14 bits per heavy atom. The fourth-order valence-corrected chi connectivity index (χ4v) is 10.4. The summed E-state index contributed by atoms with van der Waals surface area (Å²) in [5, 5.41) is 3.45. The number of carbonyl (C=O) groups is 1. The summed E-state index contributed by atoms with van der Waals surface area (Å²) in [6.45, 7) is 13.6. The molecule has 4 rings (SSSR count). The van der Waals surface area contributed by atoms with Gasteiger partial charge in [-0.3, -0.25) is 4.79 Å². The van der Waals surface area contributed by atoms with Crippen LogP contribution in [0.15, 0.2) is 48.5 Å². The monoisotopic (exact) mass is 1070 g/mol. The molecule has 2 fully saturated rings. The Balaban J connectivity index is 1.48. The topological polar surface area (TPSA) is 103 Å². The minimum atomic E-state index is -0.819. The number of carbonyl (C=O) groups excluding carboxylic acids is 1. The van der Waals surface area contributed by atoms with Crippen molar-refractivity contribution in [1.82, 2.24) is 5.32 Å². The maximum Gasteiger partial charge on any atom is 0.220 e. The third-order valence-corrected chi connectivity index (χ3v) is 15.1. The molecule has 10 nitrogen and oxygen atoms in total. The summed E-state index contributed by atoms with van der Waals surface area (Å²) in [6.07, 6.45) is 28.7. The summed E-state index contributed by atoms with van der Waals surface area (Å²) in [4.78, 5) is 14.2. The second-order valence-electron chi connectivity index (χ2n) is 21.8. The van der Waals surface area contributed by atoms with Gasteiger partial charge in [-0.1, -0.05) is 212 Å². The Labute approximate surface area is 460 Å². The highest BCUT2D eigenvalue weighted by Gasteiger charge is 2.52. The van der Waals surface area contributed by atoms with Crippen LogP contribution < -0.4 is 5.32 Å². The van der Waals surface area contributed by atoms with Gasteiger partial charge in [0, 0.05) is 44.5 Å². The second-order valence-corrected chi connectivity index (χ2v) is 21.8. The van der Waals surface area contributed by atoms with Crippen molar-refractivity contribution >= 4 is 5.91 Å². The molecule has 0 bridgehead atoms. The number of amides is 1. The Morgan fingerprint density at radius 3 is 1.76 bits per heavy atom. The lowest BCUT2D eigenvalue weighted by molar-refractivity contribution is -0.371. The molecule has 1 amide bonds. The van der Waals surface area contributed by atoms with E-state index in [9.17, 15) is 13.6 Å². The van der Waals surface area contributed by atoms with Gasteiger partial charge in [-0.05, 0) is 63.0 Å². The summed E-state index contributed by atoms with van der Waals surface area (Å²) >= 11 is 0. The summed E-state index contributed by atoms with van der Waals surface area (Å²) in [5.41, 5.74) is 1.52. The number of unbranched alkanes of at least 4 members (excludes halogenated alkanes) is 22. The van der Waals surface area contributed by atoms with E-state index in [1.54, 1.807) is 6.07 Å². The Morgan fingerprint density at radius 1 is 0.592 bits per heavy atom. The number of nitrogens with one attached hydrogen (secondary N) is 1. The third kappa shape index (κ3) is 26.6. The van der Waals surface area contributed by atoms with E-state index in [2.05, 4.69) is 39.9 Å². The smallest absolute Gasteiger partial charge is 0.220 e. The van der Waals surface area contributed by atoms with Crippen molar-refractivity contribution in [1.29, 1.82) is 0 Å². The van der Waals surface area contributed by atoms with Gasteiger partial charge in [-0.2, -0.15) is 0 Å². The fourth-order valence-electron chi connectivity index (χ4n) is 10.4. The summed E-state index contributed by atoms with van der Waals surface area (Å²) < 4.78 is 81.5. The molecule has 3 unspecified atom stereocenters. The van der Waals surface area contributed by atoms with Crippen molar-refractivity contribution < 1.29 is 51.5 Å². The maximum absolute atomic E-state index is 14.2. The van der Waals surface area contributed by atoms with Crippen LogP contribution in [0.2, 0.25) is 0 Å². The van der Waals surface area contributed by atoms with Crippen LogP contribution in [0.1, 0.15) is 245 Å². The molecule has 0 saturated carbocycles. The number of benzene rings is 2. The highest BCUT2D eigenvalue weighted by molar-refractivity contribution is 5.76.